The zero-order valence-electron chi connectivity index (χ0n) is 14.1. The summed E-state index contributed by atoms with van der Waals surface area (Å²) >= 11 is 0. The van der Waals surface area contributed by atoms with E-state index in [9.17, 15) is 10.0 Å². The average Bonchev–Trinajstić information content (AvgIpc) is 3.00. The molecule has 3 rings (SSSR count). The summed E-state index contributed by atoms with van der Waals surface area (Å²) < 4.78 is 12.6. The van der Waals surface area contributed by atoms with Crippen LogP contribution in [0.25, 0.3) is 22.4 Å². The van der Waals surface area contributed by atoms with Gasteiger partial charge < -0.3 is 24.1 Å². The summed E-state index contributed by atoms with van der Waals surface area (Å²) in [4.78, 5) is 4.70. The topological polar surface area (TPSA) is 76.7 Å². The largest absolute Gasteiger partial charge is 0.489 e. The lowest BCUT2D eigenvalue weighted by atomic mass is 9.77. The fraction of sp³-hybridized carbons (Fsp3) is 0.278. The number of imidazole rings is 1. The summed E-state index contributed by atoms with van der Waals surface area (Å²) in [6.45, 7) is 2.21. The maximum atomic E-state index is 9.68. The number of nitrogens with zero attached hydrogens (tertiary/aromatic N) is 2. The monoisotopic (exact) mass is 340 g/mol. The van der Waals surface area contributed by atoms with Crippen molar-refractivity contribution in [2.24, 2.45) is 0 Å². The predicted octanol–water partition coefficient (Wildman–Crippen LogP) is 1.05. The van der Waals surface area contributed by atoms with E-state index in [0.717, 1.165) is 11.0 Å². The molecular formula is C18H21BN2O4. The van der Waals surface area contributed by atoms with E-state index in [-0.39, 0.29) is 0 Å². The number of methoxy groups -OCH3 is 1. The molecule has 1 heterocycles. The molecule has 2 aromatic carbocycles. The smallest absolute Gasteiger partial charge is 0.423 e. The molecule has 0 aliphatic carbocycles. The van der Waals surface area contributed by atoms with E-state index >= 15 is 0 Å². The summed E-state index contributed by atoms with van der Waals surface area (Å²) in [5, 5.41) is 19.4. The number of para-hydroxylation sites is 2. The highest BCUT2D eigenvalue weighted by Crippen LogP contribution is 2.24. The zero-order valence-corrected chi connectivity index (χ0v) is 14.1. The fourth-order valence-electron chi connectivity index (χ4n) is 2.83. The standard InChI is InChI=1S/C18H21BN2O4/c1-24-12-13-25-11-10-21-17-9-5-4-8-16(17)20-18(21)14-6-2-3-7-15(14)19(22)23/h2-9,22-23H,10-13H2,1H3. The normalized spacial score (nSPS) is 11.2. The molecule has 1 aromatic heterocycles. The summed E-state index contributed by atoms with van der Waals surface area (Å²) in [7, 11) is 0.0875. The van der Waals surface area contributed by atoms with Crippen molar-refractivity contribution in [3.63, 3.8) is 0 Å². The Morgan fingerprint density at radius 1 is 1.00 bits per heavy atom. The number of hydrogen-bond acceptors (Lipinski definition) is 5. The third kappa shape index (κ3) is 3.91. The van der Waals surface area contributed by atoms with Gasteiger partial charge >= 0.3 is 7.12 Å². The van der Waals surface area contributed by atoms with Crippen LogP contribution in [0.15, 0.2) is 48.5 Å². The van der Waals surface area contributed by atoms with Crippen LogP contribution in [0.4, 0.5) is 0 Å². The molecule has 0 aliphatic rings. The molecular weight excluding hydrogens is 319 g/mol. The highest BCUT2D eigenvalue weighted by Gasteiger charge is 2.20. The van der Waals surface area contributed by atoms with Crippen molar-refractivity contribution in [1.29, 1.82) is 0 Å². The van der Waals surface area contributed by atoms with Crippen LogP contribution in [-0.2, 0) is 16.0 Å². The van der Waals surface area contributed by atoms with Gasteiger partial charge in [0, 0.05) is 19.2 Å². The SMILES string of the molecule is COCCOCCn1c(-c2ccccc2B(O)O)nc2ccccc21. The van der Waals surface area contributed by atoms with Crippen LogP contribution in [0.1, 0.15) is 0 Å². The Morgan fingerprint density at radius 2 is 1.76 bits per heavy atom. The summed E-state index contributed by atoms with van der Waals surface area (Å²) in [5.41, 5.74) is 2.97. The summed E-state index contributed by atoms with van der Waals surface area (Å²) in [6, 6.07) is 15.0. The van der Waals surface area contributed by atoms with Gasteiger partial charge in [-0.05, 0) is 17.6 Å². The van der Waals surface area contributed by atoms with Crippen LogP contribution in [-0.4, -0.2) is 53.6 Å². The molecule has 0 bridgehead atoms. The number of aromatic nitrogens is 2. The van der Waals surface area contributed by atoms with Crippen LogP contribution in [0.3, 0.4) is 0 Å². The number of hydrogen-bond donors (Lipinski definition) is 2. The number of ether oxygens (including phenoxy) is 2. The van der Waals surface area contributed by atoms with Crippen LogP contribution < -0.4 is 5.46 Å². The molecule has 0 saturated carbocycles. The first-order valence-electron chi connectivity index (χ1n) is 8.19. The van der Waals surface area contributed by atoms with Gasteiger partial charge in [0.2, 0.25) is 0 Å². The van der Waals surface area contributed by atoms with Crippen molar-refractivity contribution in [2.45, 2.75) is 6.54 Å². The number of fused-ring (bicyclic) bond motifs is 1. The van der Waals surface area contributed by atoms with E-state index in [4.69, 9.17) is 14.5 Å². The molecule has 0 fully saturated rings. The van der Waals surface area contributed by atoms with E-state index < -0.39 is 7.12 Å². The molecule has 0 amide bonds. The molecule has 0 atom stereocenters. The first kappa shape index (κ1) is 17.6. The summed E-state index contributed by atoms with van der Waals surface area (Å²) in [5.74, 6) is 0.695. The van der Waals surface area contributed by atoms with Gasteiger partial charge in [-0.3, -0.25) is 0 Å². The van der Waals surface area contributed by atoms with Crippen LogP contribution >= 0.6 is 0 Å². The Hall–Kier alpha value is -2.19. The molecule has 0 aliphatic heterocycles. The lowest BCUT2D eigenvalue weighted by Gasteiger charge is -2.12. The third-order valence-electron chi connectivity index (χ3n) is 4.03. The fourth-order valence-corrected chi connectivity index (χ4v) is 2.83. The van der Waals surface area contributed by atoms with Gasteiger partial charge in [-0.2, -0.15) is 0 Å². The minimum atomic E-state index is -1.55. The minimum Gasteiger partial charge on any atom is -0.423 e. The third-order valence-corrected chi connectivity index (χ3v) is 4.03. The molecule has 0 radical (unpaired) electrons. The van der Waals surface area contributed by atoms with Crippen molar-refractivity contribution in [1.82, 2.24) is 9.55 Å². The minimum absolute atomic E-state index is 0.430. The van der Waals surface area contributed by atoms with E-state index in [1.54, 1.807) is 19.2 Å². The van der Waals surface area contributed by atoms with Gasteiger partial charge in [0.15, 0.2) is 0 Å². The van der Waals surface area contributed by atoms with E-state index in [1.807, 2.05) is 41.0 Å². The highest BCUT2D eigenvalue weighted by molar-refractivity contribution is 6.60. The first-order valence-corrected chi connectivity index (χ1v) is 8.19. The van der Waals surface area contributed by atoms with Crippen LogP contribution in [0, 0.1) is 0 Å². The highest BCUT2D eigenvalue weighted by atomic mass is 16.5. The lowest BCUT2D eigenvalue weighted by molar-refractivity contribution is 0.0671. The second-order valence-electron chi connectivity index (χ2n) is 5.64. The first-order chi connectivity index (χ1) is 12.2. The Morgan fingerprint density at radius 3 is 2.56 bits per heavy atom. The molecule has 25 heavy (non-hydrogen) atoms. The summed E-state index contributed by atoms with van der Waals surface area (Å²) in [6.07, 6.45) is 0. The van der Waals surface area contributed by atoms with Gasteiger partial charge in [0.25, 0.3) is 0 Å². The van der Waals surface area contributed by atoms with Gasteiger partial charge in [0.1, 0.15) is 5.82 Å². The molecule has 0 unspecified atom stereocenters. The van der Waals surface area contributed by atoms with Gasteiger partial charge in [-0.25, -0.2) is 4.98 Å². The average molecular weight is 340 g/mol. The Kier molecular flexibility index (Phi) is 5.83. The Labute approximate surface area is 146 Å². The number of rotatable bonds is 8. The van der Waals surface area contributed by atoms with Gasteiger partial charge in [0.05, 0.1) is 30.9 Å². The molecule has 0 saturated heterocycles. The van der Waals surface area contributed by atoms with E-state index in [2.05, 4.69) is 0 Å². The predicted molar refractivity (Wildman–Crippen MR) is 97.7 cm³/mol. The lowest BCUT2D eigenvalue weighted by Crippen LogP contribution is -2.32. The maximum absolute atomic E-state index is 9.68. The van der Waals surface area contributed by atoms with E-state index in [0.29, 0.717) is 43.2 Å². The van der Waals surface area contributed by atoms with Crippen LogP contribution in [0.5, 0.6) is 0 Å². The molecule has 0 spiro atoms. The Balaban J connectivity index is 1.99. The van der Waals surface area contributed by atoms with Crippen molar-refractivity contribution in [2.75, 3.05) is 26.9 Å². The second kappa shape index (κ2) is 8.27. The molecule has 6 nitrogen and oxygen atoms in total. The maximum Gasteiger partial charge on any atom is 0.489 e. The van der Waals surface area contributed by atoms with Crippen molar-refractivity contribution >= 4 is 23.6 Å². The van der Waals surface area contributed by atoms with E-state index in [1.165, 1.54) is 0 Å². The zero-order chi connectivity index (χ0) is 17.6. The molecule has 2 N–H and O–H groups in total. The van der Waals surface area contributed by atoms with Crippen molar-refractivity contribution < 1.29 is 19.5 Å². The van der Waals surface area contributed by atoms with Crippen molar-refractivity contribution in [3.8, 4) is 11.4 Å². The molecule has 3 aromatic rings. The van der Waals surface area contributed by atoms with Crippen molar-refractivity contribution in [3.05, 3.63) is 48.5 Å². The quantitative estimate of drug-likeness (QED) is 0.473. The van der Waals surface area contributed by atoms with Gasteiger partial charge in [-0.1, -0.05) is 36.4 Å². The molecule has 130 valence electrons. The number of benzene rings is 2. The molecule has 7 heteroatoms. The Bertz CT molecular complexity index is 835. The van der Waals surface area contributed by atoms with Gasteiger partial charge in [-0.15, -0.1) is 0 Å². The second-order valence-corrected chi connectivity index (χ2v) is 5.64. The van der Waals surface area contributed by atoms with Crippen LogP contribution in [0.2, 0.25) is 0 Å².